The Kier molecular flexibility index (Phi) is 5.17. The molecule has 0 aromatic heterocycles. The summed E-state index contributed by atoms with van der Waals surface area (Å²) in [6, 6.07) is 6.18. The summed E-state index contributed by atoms with van der Waals surface area (Å²) < 4.78 is 0. The number of hydrogen-bond donors (Lipinski definition) is 1. The molecule has 0 saturated heterocycles. The maximum absolute atomic E-state index is 11.0. The molecule has 0 amide bonds. The van der Waals surface area contributed by atoms with Gasteiger partial charge in [-0.25, -0.2) is 0 Å². The molecule has 4 heteroatoms. The van der Waals surface area contributed by atoms with Gasteiger partial charge in [0.25, 0.3) is 0 Å². The zero-order chi connectivity index (χ0) is 8.27. The van der Waals surface area contributed by atoms with Crippen LogP contribution in [0.1, 0.15) is 10.4 Å². The van der Waals surface area contributed by atoms with Crippen LogP contribution in [-0.2, 0) is 0 Å². The lowest BCUT2D eigenvalue weighted by molar-refractivity contribution is 0.102. The Hall–Kier alpha value is -0.350. The van der Waals surface area contributed by atoms with Gasteiger partial charge in [-0.15, -0.1) is 17.0 Å². The third kappa shape index (κ3) is 2.95. The van der Waals surface area contributed by atoms with Crippen LogP contribution in [0.4, 0.5) is 0 Å². The Morgan fingerprint density at radius 1 is 1.33 bits per heavy atom. The second-order valence-electron chi connectivity index (χ2n) is 2.10. The number of aromatic hydroxyl groups is 1. The smallest absolute Gasteiger partial charge is 0.173 e. The molecule has 1 rings (SSSR count). The van der Waals surface area contributed by atoms with Crippen molar-refractivity contribution in [3.63, 3.8) is 0 Å². The average Bonchev–Trinajstić information content (AvgIpc) is 2.05. The van der Waals surface area contributed by atoms with Crippen molar-refractivity contribution >= 4 is 38.7 Å². The van der Waals surface area contributed by atoms with Gasteiger partial charge in [0.1, 0.15) is 5.75 Å². The number of phenols is 1. The molecule has 0 spiro atoms. The maximum atomic E-state index is 11.0. The summed E-state index contributed by atoms with van der Waals surface area (Å²) in [5.74, 6) is 0.195. The van der Waals surface area contributed by atoms with E-state index < -0.39 is 0 Å². The predicted octanol–water partition coefficient (Wildman–Crippen LogP) is 2.55. The molecule has 0 radical (unpaired) electrons. The van der Waals surface area contributed by atoms with Crippen molar-refractivity contribution in [2.45, 2.75) is 0 Å². The van der Waals surface area contributed by atoms with Gasteiger partial charge in [-0.3, -0.25) is 4.79 Å². The number of hydrogen-bond acceptors (Lipinski definition) is 2. The molecule has 1 N–H and O–H groups in total. The molecular formula is C8H8Br2O2. The molecular weight excluding hydrogens is 288 g/mol. The van der Waals surface area contributed by atoms with Crippen LogP contribution < -0.4 is 0 Å². The molecule has 0 bridgehead atoms. The van der Waals surface area contributed by atoms with Crippen LogP contribution in [0.15, 0.2) is 24.3 Å². The second-order valence-corrected chi connectivity index (χ2v) is 2.66. The second kappa shape index (κ2) is 5.32. The van der Waals surface area contributed by atoms with E-state index in [0.29, 0.717) is 10.9 Å². The fourth-order valence-electron chi connectivity index (χ4n) is 0.724. The number of Topliss-reactive ketones (excluding diaryl/α,β-unsaturated/α-hetero) is 1. The van der Waals surface area contributed by atoms with Crippen LogP contribution >= 0.6 is 32.9 Å². The van der Waals surface area contributed by atoms with Gasteiger partial charge in [0.15, 0.2) is 5.78 Å². The number of carbonyl (C=O) groups excluding carboxylic acids is 1. The molecule has 0 unspecified atom stereocenters. The molecule has 0 aliphatic rings. The lowest BCUT2D eigenvalue weighted by atomic mass is 10.1. The molecule has 0 aliphatic heterocycles. The molecule has 0 heterocycles. The van der Waals surface area contributed by atoms with E-state index in [9.17, 15) is 4.79 Å². The highest BCUT2D eigenvalue weighted by Crippen LogP contribution is 2.10. The molecule has 2 nitrogen and oxygen atoms in total. The standard InChI is InChI=1S/C8H7BrO2.BrH/c9-5-8(11)6-1-3-7(10)4-2-6;/h1-4,10H,5H2;1H. The number of rotatable bonds is 2. The Morgan fingerprint density at radius 3 is 2.25 bits per heavy atom. The topological polar surface area (TPSA) is 37.3 Å². The molecule has 1 aromatic rings. The zero-order valence-corrected chi connectivity index (χ0v) is 9.46. The normalized spacial score (nSPS) is 8.75. The van der Waals surface area contributed by atoms with Crippen molar-refractivity contribution in [2.75, 3.05) is 5.33 Å². The molecule has 0 aliphatic carbocycles. The zero-order valence-electron chi connectivity index (χ0n) is 6.16. The third-order valence-electron chi connectivity index (χ3n) is 1.31. The Morgan fingerprint density at radius 2 is 1.83 bits per heavy atom. The largest absolute Gasteiger partial charge is 0.508 e. The van der Waals surface area contributed by atoms with Crippen molar-refractivity contribution in [3.8, 4) is 5.75 Å². The number of ketones is 1. The van der Waals surface area contributed by atoms with Gasteiger partial charge >= 0.3 is 0 Å². The van der Waals surface area contributed by atoms with Crippen LogP contribution in [0.5, 0.6) is 5.75 Å². The van der Waals surface area contributed by atoms with Crippen LogP contribution in [0.3, 0.4) is 0 Å². The van der Waals surface area contributed by atoms with Crippen molar-refractivity contribution in [1.29, 1.82) is 0 Å². The molecule has 0 atom stereocenters. The van der Waals surface area contributed by atoms with E-state index >= 15 is 0 Å². The van der Waals surface area contributed by atoms with E-state index in [-0.39, 0.29) is 28.5 Å². The quantitative estimate of drug-likeness (QED) is 0.672. The van der Waals surface area contributed by atoms with E-state index in [1.54, 1.807) is 12.1 Å². The van der Waals surface area contributed by atoms with Crippen LogP contribution in [0, 0.1) is 0 Å². The minimum Gasteiger partial charge on any atom is -0.508 e. The summed E-state index contributed by atoms with van der Waals surface area (Å²) in [7, 11) is 0. The van der Waals surface area contributed by atoms with Gasteiger partial charge in [-0.2, -0.15) is 0 Å². The molecule has 66 valence electrons. The van der Waals surface area contributed by atoms with Gasteiger partial charge < -0.3 is 5.11 Å². The van der Waals surface area contributed by atoms with Crippen LogP contribution in [0.25, 0.3) is 0 Å². The predicted molar refractivity (Wildman–Crippen MR) is 56.6 cm³/mol. The number of phenolic OH excluding ortho intramolecular Hbond substituents is 1. The summed E-state index contributed by atoms with van der Waals surface area (Å²) >= 11 is 3.06. The van der Waals surface area contributed by atoms with E-state index in [1.165, 1.54) is 12.1 Å². The van der Waals surface area contributed by atoms with Gasteiger partial charge in [-0.05, 0) is 24.3 Å². The lowest BCUT2D eigenvalue weighted by Gasteiger charge is -1.95. The fourth-order valence-corrected chi connectivity index (χ4v) is 1.05. The summed E-state index contributed by atoms with van der Waals surface area (Å²) in [6.45, 7) is 0. The third-order valence-corrected chi connectivity index (χ3v) is 1.82. The highest BCUT2D eigenvalue weighted by atomic mass is 79.9. The van der Waals surface area contributed by atoms with Gasteiger partial charge in [-0.1, -0.05) is 15.9 Å². The number of benzene rings is 1. The first-order valence-electron chi connectivity index (χ1n) is 3.12. The summed E-state index contributed by atoms with van der Waals surface area (Å²) in [4.78, 5) is 11.0. The van der Waals surface area contributed by atoms with Gasteiger partial charge in [0.05, 0.1) is 5.33 Å². The Balaban J connectivity index is 0.00000121. The van der Waals surface area contributed by atoms with Crippen molar-refractivity contribution in [2.24, 2.45) is 0 Å². The van der Waals surface area contributed by atoms with E-state index in [2.05, 4.69) is 15.9 Å². The Labute approximate surface area is 89.5 Å². The molecule has 12 heavy (non-hydrogen) atoms. The van der Waals surface area contributed by atoms with Gasteiger partial charge in [0, 0.05) is 5.56 Å². The minimum atomic E-state index is 0. The van der Waals surface area contributed by atoms with Crippen molar-refractivity contribution in [1.82, 2.24) is 0 Å². The first-order valence-corrected chi connectivity index (χ1v) is 4.24. The molecule has 0 saturated carbocycles. The first-order chi connectivity index (χ1) is 5.24. The summed E-state index contributed by atoms with van der Waals surface area (Å²) in [5, 5.41) is 9.21. The fraction of sp³-hybridized carbons (Fsp3) is 0.125. The maximum Gasteiger partial charge on any atom is 0.173 e. The summed E-state index contributed by atoms with van der Waals surface area (Å²) in [5.41, 5.74) is 0.611. The molecule has 0 fully saturated rings. The van der Waals surface area contributed by atoms with E-state index in [1.807, 2.05) is 0 Å². The monoisotopic (exact) mass is 294 g/mol. The lowest BCUT2D eigenvalue weighted by Crippen LogP contribution is -1.98. The van der Waals surface area contributed by atoms with E-state index in [0.717, 1.165) is 0 Å². The average molecular weight is 296 g/mol. The minimum absolute atomic E-state index is 0. The van der Waals surface area contributed by atoms with Crippen molar-refractivity contribution < 1.29 is 9.90 Å². The molecule has 1 aromatic carbocycles. The highest BCUT2D eigenvalue weighted by molar-refractivity contribution is 9.09. The first kappa shape index (κ1) is 11.6. The number of alkyl halides is 1. The van der Waals surface area contributed by atoms with Gasteiger partial charge in [0.2, 0.25) is 0 Å². The van der Waals surface area contributed by atoms with Crippen LogP contribution in [-0.4, -0.2) is 16.2 Å². The van der Waals surface area contributed by atoms with Crippen molar-refractivity contribution in [3.05, 3.63) is 29.8 Å². The SMILES string of the molecule is Br.O=C(CBr)c1ccc(O)cc1. The highest BCUT2D eigenvalue weighted by Gasteiger charge is 2.01. The number of halogens is 2. The number of carbonyl (C=O) groups is 1. The van der Waals surface area contributed by atoms with E-state index in [4.69, 9.17) is 5.11 Å². The summed E-state index contributed by atoms with van der Waals surface area (Å²) in [6.07, 6.45) is 0. The Bertz CT molecular complexity index is 256. The van der Waals surface area contributed by atoms with Crippen LogP contribution in [0.2, 0.25) is 0 Å².